The average molecular weight is 955 g/mol. The molecule has 0 aliphatic rings. The van der Waals surface area contributed by atoms with Crippen molar-refractivity contribution < 1.29 is 15.1 Å². The Morgan fingerprint density at radius 3 is 0.847 bits per heavy atom. The summed E-state index contributed by atoms with van der Waals surface area (Å²) in [4.78, 5) is 0. The molecule has 8 rings (SSSR count). The minimum atomic E-state index is -1.24. The molecular formula is C51H48Cl2N2P2RuS+4. The molecule has 0 aliphatic carbocycles. The van der Waals surface area contributed by atoms with E-state index in [1.807, 2.05) is 60.7 Å². The van der Waals surface area contributed by atoms with Crippen LogP contribution in [-0.2, 0) is 15.1 Å². The molecule has 2 atom stereocenters. The summed E-state index contributed by atoms with van der Waals surface area (Å²) in [5, 5.41) is 8.29. The second-order valence-electron chi connectivity index (χ2n) is 13.7. The molecule has 0 saturated carbocycles. The third kappa shape index (κ3) is 12.1. The van der Waals surface area contributed by atoms with Crippen LogP contribution in [0.2, 0.25) is 0 Å². The Morgan fingerprint density at radius 1 is 0.356 bits per heavy atom. The topological polar surface area (TPSA) is 52.0 Å². The Balaban J connectivity index is 0.000000256. The quantitative estimate of drug-likeness (QED) is 0.0688. The van der Waals surface area contributed by atoms with Gasteiger partial charge in [-0.05, 0) is 71.8 Å². The van der Waals surface area contributed by atoms with Crippen LogP contribution in [0.25, 0.3) is 0 Å². The Kier molecular flexibility index (Phi) is 18.0. The molecule has 8 aromatic rings. The zero-order valence-electron chi connectivity index (χ0n) is 32.4. The van der Waals surface area contributed by atoms with Crippen molar-refractivity contribution in [2.45, 2.75) is 17.3 Å². The summed E-state index contributed by atoms with van der Waals surface area (Å²) in [5.41, 5.74) is 17.0. The number of hydrogen-bond donors (Lipinski definition) is 3. The van der Waals surface area contributed by atoms with Crippen LogP contribution in [-0.4, -0.2) is 0 Å². The molecule has 59 heavy (non-hydrogen) atoms. The van der Waals surface area contributed by atoms with Gasteiger partial charge in [-0.25, -0.2) is 0 Å². The van der Waals surface area contributed by atoms with Gasteiger partial charge in [-0.3, -0.25) is 0 Å². The van der Waals surface area contributed by atoms with Crippen LogP contribution in [0, 0.1) is 0 Å². The van der Waals surface area contributed by atoms with Gasteiger partial charge in [0.2, 0.25) is 0 Å². The fraction of sp³-hybridized carbons (Fsp3) is 0.0588. The van der Waals surface area contributed by atoms with Crippen molar-refractivity contribution in [3.63, 3.8) is 0 Å². The van der Waals surface area contributed by atoms with Gasteiger partial charge >= 0.3 is 34.5 Å². The summed E-state index contributed by atoms with van der Waals surface area (Å²) < 4.78 is 0. The molecule has 0 aliphatic heterocycles. The van der Waals surface area contributed by atoms with E-state index in [-0.39, 0.29) is 32.5 Å². The van der Waals surface area contributed by atoms with Gasteiger partial charge in [0, 0.05) is 23.2 Å². The first-order chi connectivity index (χ1) is 29.0. The van der Waals surface area contributed by atoms with Crippen LogP contribution in [0.4, 0.5) is 0 Å². The molecule has 2 unspecified atom stereocenters. The van der Waals surface area contributed by atoms with Gasteiger partial charge in [-0.2, -0.15) is 12.6 Å². The first-order valence-electron chi connectivity index (χ1n) is 19.3. The summed E-state index contributed by atoms with van der Waals surface area (Å²) in [6.45, 7) is 0. The zero-order valence-corrected chi connectivity index (χ0v) is 38.5. The molecule has 296 valence electrons. The summed E-state index contributed by atoms with van der Waals surface area (Å²) in [5.74, 6) is 0. The number of hydrogen-bond acceptors (Lipinski definition) is 3. The second kappa shape index (κ2) is 23.8. The monoisotopic (exact) mass is 954 g/mol. The van der Waals surface area contributed by atoms with Crippen molar-refractivity contribution in [3.8, 4) is 0 Å². The molecule has 0 amide bonds. The Labute approximate surface area is 373 Å². The van der Waals surface area contributed by atoms with Crippen molar-refractivity contribution in [3.05, 3.63) is 253 Å². The van der Waals surface area contributed by atoms with Crippen molar-refractivity contribution in [1.82, 2.24) is 0 Å². The normalized spacial score (nSPS) is 11.9. The van der Waals surface area contributed by atoms with E-state index in [1.165, 1.54) is 43.0 Å². The molecule has 0 aromatic heterocycles. The van der Waals surface area contributed by atoms with E-state index in [0.29, 0.717) is 0 Å². The number of halogens is 2. The molecule has 4 N–H and O–H groups in total. The van der Waals surface area contributed by atoms with Gasteiger partial charge in [0.25, 0.3) is 0 Å². The van der Waals surface area contributed by atoms with E-state index >= 15 is 0 Å². The average Bonchev–Trinajstić information content (AvgIpc) is 3.31. The summed E-state index contributed by atoms with van der Waals surface area (Å²) in [7, 11) is 7.24. The molecular weight excluding hydrogens is 907 g/mol. The van der Waals surface area contributed by atoms with E-state index < -0.39 is 15.8 Å². The maximum absolute atomic E-state index is 6.15. The van der Waals surface area contributed by atoms with Crippen molar-refractivity contribution in [2.24, 2.45) is 11.5 Å². The molecule has 0 radical (unpaired) electrons. The van der Waals surface area contributed by atoms with Gasteiger partial charge in [0.05, 0.1) is 21.1 Å². The fourth-order valence-corrected chi connectivity index (χ4v) is 13.5. The standard InChI is InChI=1S/C37H30P2S.C14H16N2.2ClH.Ru/c40-37(33-25-13-15-27-35(33)38(29-17-5-1-6-18-29)30-19-7-2-8-20-30)34-26-14-16-28-36(34)39(31-21-9-3-10-22-31)32-23-11-4-12-24-32;15-13(11-7-3-1-4-8-11)14(16)12-9-5-2-6-10-12;;;/h1-28,37,40H;1-10,13-14H,15-16H2;2*1H;/q;;;;+4. The van der Waals surface area contributed by atoms with Crippen LogP contribution in [0.3, 0.4) is 0 Å². The molecule has 0 spiro atoms. The van der Waals surface area contributed by atoms with Crippen molar-refractivity contribution in [1.29, 1.82) is 0 Å². The summed E-state index contributed by atoms with van der Waals surface area (Å²) in [6, 6.07) is 81.5. The zero-order chi connectivity index (χ0) is 41.2. The van der Waals surface area contributed by atoms with Gasteiger partial charge in [0.15, 0.2) is 0 Å². The molecule has 8 aromatic carbocycles. The molecule has 0 heterocycles. The van der Waals surface area contributed by atoms with E-state index in [9.17, 15) is 0 Å². The van der Waals surface area contributed by atoms with E-state index in [2.05, 4.69) is 170 Å². The van der Waals surface area contributed by atoms with Gasteiger partial charge in [-0.1, -0.05) is 170 Å². The number of thiol groups is 1. The third-order valence-corrected chi connectivity index (χ3v) is 16.2. The van der Waals surface area contributed by atoms with Crippen LogP contribution in [0.1, 0.15) is 39.6 Å². The summed E-state index contributed by atoms with van der Waals surface area (Å²) in [6.07, 6.45) is 0. The Hall–Kier alpha value is -3.91. The second-order valence-corrected chi connectivity index (χ2v) is 21.8. The first kappa shape index (κ1) is 44.6. The van der Waals surface area contributed by atoms with Gasteiger partial charge in [-0.15, -0.1) is 0 Å². The van der Waals surface area contributed by atoms with Crippen molar-refractivity contribution in [2.75, 3.05) is 0 Å². The first-order valence-corrected chi connectivity index (χ1v) is 27.3. The van der Waals surface area contributed by atoms with E-state index in [0.717, 1.165) is 11.1 Å². The van der Waals surface area contributed by atoms with Crippen molar-refractivity contribution >= 4 is 79.7 Å². The molecule has 8 heteroatoms. The van der Waals surface area contributed by atoms with Crippen LogP contribution >= 0.6 is 47.9 Å². The van der Waals surface area contributed by atoms with E-state index in [4.69, 9.17) is 43.5 Å². The van der Waals surface area contributed by atoms with E-state index in [1.54, 1.807) is 0 Å². The van der Waals surface area contributed by atoms with Crippen LogP contribution in [0.15, 0.2) is 231 Å². The maximum atomic E-state index is 6.15. The van der Waals surface area contributed by atoms with Crippen LogP contribution < -0.4 is 43.3 Å². The third-order valence-electron chi connectivity index (χ3n) is 10.1. The number of rotatable bonds is 11. The SMILES string of the molecule is NC(c1ccccc1)C(N)c1ccccc1.SC(c1ccccc1[PH+](c1ccccc1)c1ccccc1)c1ccccc1[PH+](c1ccccc1)c1ccccc1.[Cl][Ru+2][Cl]. The number of benzene rings is 8. The van der Waals surface area contributed by atoms with Gasteiger partial charge < -0.3 is 11.5 Å². The predicted octanol–water partition coefficient (Wildman–Crippen LogP) is 10.4. The fourth-order valence-electron chi connectivity index (χ4n) is 7.23. The molecule has 0 fully saturated rings. The molecule has 0 bridgehead atoms. The number of nitrogens with two attached hydrogens (primary N) is 2. The molecule has 2 nitrogen and oxygen atoms in total. The van der Waals surface area contributed by atoms with Crippen LogP contribution in [0.5, 0.6) is 0 Å². The predicted molar refractivity (Wildman–Crippen MR) is 262 cm³/mol. The summed E-state index contributed by atoms with van der Waals surface area (Å²) >= 11 is 5.07. The van der Waals surface area contributed by atoms with Gasteiger partial charge in [0.1, 0.15) is 31.8 Å². The minimum absolute atomic E-state index is 0.0488. The Morgan fingerprint density at radius 2 is 0.576 bits per heavy atom. The Bertz CT molecular complexity index is 2150. The molecule has 0 saturated heterocycles.